The fraction of sp³-hybridized carbons (Fsp3) is 1.00. The molecule has 2 unspecified atom stereocenters. The molecule has 1 aliphatic rings. The maximum Gasteiger partial charge on any atom is 0.158 e. The molecule has 16 heavy (non-hydrogen) atoms. The summed E-state index contributed by atoms with van der Waals surface area (Å²) in [6.07, 6.45) is 0.816. The molecule has 0 saturated carbocycles. The Morgan fingerprint density at radius 3 is 2.81 bits per heavy atom. The topological polar surface area (TPSA) is 60.0 Å². The van der Waals surface area contributed by atoms with Gasteiger partial charge in [0.2, 0.25) is 0 Å². The highest BCUT2D eigenvalue weighted by Gasteiger charge is 2.26. The standard InChI is InChI=1S/C11H23NO4/c1-9-10(13)3-4-11(16-9)15-8-7-14-6-5-12-2/h9-13H,3-8H2,1-2H3/t9-,10?,11?/m0/s1. The van der Waals surface area contributed by atoms with Crippen LogP contribution < -0.4 is 5.32 Å². The van der Waals surface area contributed by atoms with Crippen molar-refractivity contribution in [3.05, 3.63) is 0 Å². The maximum atomic E-state index is 9.45. The Hall–Kier alpha value is -0.200. The molecular formula is C11H23NO4. The van der Waals surface area contributed by atoms with E-state index < -0.39 is 0 Å². The zero-order valence-corrected chi connectivity index (χ0v) is 10.1. The molecule has 5 nitrogen and oxygen atoms in total. The van der Waals surface area contributed by atoms with Crippen LogP contribution in [0.2, 0.25) is 0 Å². The van der Waals surface area contributed by atoms with Crippen molar-refractivity contribution in [2.24, 2.45) is 0 Å². The van der Waals surface area contributed by atoms with Gasteiger partial charge in [-0.1, -0.05) is 0 Å². The molecule has 1 heterocycles. The molecule has 1 rings (SSSR count). The zero-order chi connectivity index (χ0) is 11.8. The van der Waals surface area contributed by atoms with E-state index in [4.69, 9.17) is 14.2 Å². The Morgan fingerprint density at radius 2 is 2.12 bits per heavy atom. The van der Waals surface area contributed by atoms with Crippen LogP contribution in [0.3, 0.4) is 0 Å². The van der Waals surface area contributed by atoms with E-state index in [2.05, 4.69) is 5.32 Å². The molecule has 0 bridgehead atoms. The van der Waals surface area contributed by atoms with E-state index in [9.17, 15) is 5.11 Å². The highest BCUT2D eigenvalue weighted by molar-refractivity contribution is 4.71. The number of hydrogen-bond donors (Lipinski definition) is 2. The third-order valence-electron chi connectivity index (χ3n) is 2.63. The Kier molecular flexibility index (Phi) is 6.91. The lowest BCUT2D eigenvalue weighted by molar-refractivity contribution is -0.220. The smallest absolute Gasteiger partial charge is 0.158 e. The van der Waals surface area contributed by atoms with Gasteiger partial charge in [0.05, 0.1) is 32.0 Å². The molecule has 0 radical (unpaired) electrons. The summed E-state index contributed by atoms with van der Waals surface area (Å²) in [6, 6.07) is 0. The number of nitrogens with one attached hydrogen (secondary N) is 1. The number of hydrogen-bond acceptors (Lipinski definition) is 5. The second-order valence-electron chi connectivity index (χ2n) is 4.00. The van der Waals surface area contributed by atoms with Crippen LogP contribution in [0, 0.1) is 0 Å². The molecule has 0 aromatic rings. The largest absolute Gasteiger partial charge is 0.390 e. The van der Waals surface area contributed by atoms with E-state index in [0.29, 0.717) is 19.8 Å². The first-order valence-corrected chi connectivity index (χ1v) is 5.91. The summed E-state index contributed by atoms with van der Waals surface area (Å²) >= 11 is 0. The van der Waals surface area contributed by atoms with Crippen molar-refractivity contribution in [1.82, 2.24) is 5.32 Å². The first kappa shape index (κ1) is 13.9. The van der Waals surface area contributed by atoms with Crippen molar-refractivity contribution in [2.45, 2.75) is 38.3 Å². The summed E-state index contributed by atoms with van der Waals surface area (Å²) in [6.45, 7) is 4.53. The van der Waals surface area contributed by atoms with Gasteiger partial charge in [-0.15, -0.1) is 0 Å². The molecule has 3 atom stereocenters. The Labute approximate surface area is 97.1 Å². The van der Waals surface area contributed by atoms with Crippen LogP contribution in [0.1, 0.15) is 19.8 Å². The first-order valence-electron chi connectivity index (χ1n) is 5.91. The minimum absolute atomic E-state index is 0.135. The molecule has 1 aliphatic heterocycles. The lowest BCUT2D eigenvalue weighted by Crippen LogP contribution is -2.38. The van der Waals surface area contributed by atoms with E-state index in [0.717, 1.165) is 19.4 Å². The molecule has 0 amide bonds. The number of rotatable bonds is 7. The van der Waals surface area contributed by atoms with Crippen molar-refractivity contribution in [2.75, 3.05) is 33.4 Å². The second kappa shape index (κ2) is 7.97. The van der Waals surface area contributed by atoms with Crippen LogP contribution in [-0.2, 0) is 14.2 Å². The highest BCUT2D eigenvalue weighted by Crippen LogP contribution is 2.19. The summed E-state index contributed by atoms with van der Waals surface area (Å²) in [5.41, 5.74) is 0. The third-order valence-corrected chi connectivity index (χ3v) is 2.63. The van der Waals surface area contributed by atoms with Crippen LogP contribution in [0.25, 0.3) is 0 Å². The molecule has 0 spiro atoms. The second-order valence-corrected chi connectivity index (χ2v) is 4.00. The van der Waals surface area contributed by atoms with E-state index in [1.807, 2.05) is 14.0 Å². The van der Waals surface area contributed by atoms with Gasteiger partial charge in [0, 0.05) is 13.0 Å². The highest BCUT2D eigenvalue weighted by atomic mass is 16.7. The lowest BCUT2D eigenvalue weighted by atomic mass is 10.1. The quantitative estimate of drug-likeness (QED) is 0.612. The van der Waals surface area contributed by atoms with Gasteiger partial charge in [0.1, 0.15) is 0 Å². The summed E-state index contributed by atoms with van der Waals surface area (Å²) in [4.78, 5) is 0. The first-order chi connectivity index (χ1) is 7.74. The van der Waals surface area contributed by atoms with Gasteiger partial charge >= 0.3 is 0 Å². The van der Waals surface area contributed by atoms with Crippen LogP contribution in [-0.4, -0.2) is 57.0 Å². The van der Waals surface area contributed by atoms with Crippen LogP contribution in [0.15, 0.2) is 0 Å². The maximum absolute atomic E-state index is 9.45. The Bertz CT molecular complexity index is 179. The van der Waals surface area contributed by atoms with Gasteiger partial charge in [0.15, 0.2) is 6.29 Å². The molecular weight excluding hydrogens is 210 g/mol. The summed E-state index contributed by atoms with van der Waals surface area (Å²) < 4.78 is 16.3. The van der Waals surface area contributed by atoms with Gasteiger partial charge in [-0.05, 0) is 20.4 Å². The van der Waals surface area contributed by atoms with Gasteiger partial charge in [-0.3, -0.25) is 0 Å². The van der Waals surface area contributed by atoms with Crippen molar-refractivity contribution >= 4 is 0 Å². The average Bonchev–Trinajstić information content (AvgIpc) is 2.28. The molecule has 0 aliphatic carbocycles. The molecule has 5 heteroatoms. The molecule has 0 aromatic carbocycles. The van der Waals surface area contributed by atoms with E-state index in [1.165, 1.54) is 0 Å². The SMILES string of the molecule is CNCCOCCOC1CCC(O)[C@H](C)O1. The van der Waals surface area contributed by atoms with Gasteiger partial charge in [0.25, 0.3) is 0 Å². The molecule has 1 fully saturated rings. The third kappa shape index (κ3) is 5.23. The normalized spacial score (nSPS) is 30.6. The predicted molar refractivity (Wildman–Crippen MR) is 60.3 cm³/mol. The van der Waals surface area contributed by atoms with Crippen LogP contribution >= 0.6 is 0 Å². The van der Waals surface area contributed by atoms with Gasteiger partial charge in [-0.25, -0.2) is 0 Å². The van der Waals surface area contributed by atoms with Gasteiger partial charge < -0.3 is 24.6 Å². The minimum Gasteiger partial charge on any atom is -0.390 e. The predicted octanol–water partition coefficient (Wildman–Crippen LogP) is 0.125. The number of aliphatic hydroxyl groups excluding tert-OH is 1. The molecule has 0 aromatic heterocycles. The molecule has 2 N–H and O–H groups in total. The fourth-order valence-corrected chi connectivity index (χ4v) is 1.58. The lowest BCUT2D eigenvalue weighted by Gasteiger charge is -2.31. The number of likely N-dealkylation sites (N-methyl/N-ethyl adjacent to an activating group) is 1. The fourth-order valence-electron chi connectivity index (χ4n) is 1.58. The van der Waals surface area contributed by atoms with Crippen molar-refractivity contribution in [3.63, 3.8) is 0 Å². The Morgan fingerprint density at radius 1 is 1.31 bits per heavy atom. The van der Waals surface area contributed by atoms with Crippen molar-refractivity contribution in [1.29, 1.82) is 0 Å². The van der Waals surface area contributed by atoms with Crippen molar-refractivity contribution < 1.29 is 19.3 Å². The van der Waals surface area contributed by atoms with Crippen LogP contribution in [0.4, 0.5) is 0 Å². The summed E-state index contributed by atoms with van der Waals surface area (Å²) in [5, 5.41) is 12.5. The van der Waals surface area contributed by atoms with Gasteiger partial charge in [-0.2, -0.15) is 0 Å². The monoisotopic (exact) mass is 233 g/mol. The van der Waals surface area contributed by atoms with Crippen molar-refractivity contribution in [3.8, 4) is 0 Å². The number of ether oxygens (including phenoxy) is 3. The molecule has 96 valence electrons. The van der Waals surface area contributed by atoms with Crippen LogP contribution in [0.5, 0.6) is 0 Å². The van der Waals surface area contributed by atoms with E-state index in [-0.39, 0.29) is 18.5 Å². The summed E-state index contributed by atoms with van der Waals surface area (Å²) in [7, 11) is 1.89. The van der Waals surface area contributed by atoms with E-state index >= 15 is 0 Å². The zero-order valence-electron chi connectivity index (χ0n) is 10.1. The van der Waals surface area contributed by atoms with E-state index in [1.54, 1.807) is 0 Å². The average molecular weight is 233 g/mol. The molecule has 1 saturated heterocycles. The summed E-state index contributed by atoms with van der Waals surface area (Å²) in [5.74, 6) is 0. The Balaban J connectivity index is 1.97. The minimum atomic E-state index is -0.355. The number of aliphatic hydroxyl groups is 1.